The maximum absolute atomic E-state index is 11.4. The number of aliphatic hydroxyl groups excluding tert-OH is 1. The highest BCUT2D eigenvalue weighted by Gasteiger charge is 2.19. The fourth-order valence-electron chi connectivity index (χ4n) is 1.19. The zero-order chi connectivity index (χ0) is 10.6. The summed E-state index contributed by atoms with van der Waals surface area (Å²) in [6.45, 7) is 0.292. The molecule has 1 rings (SSSR count). The van der Waals surface area contributed by atoms with Gasteiger partial charge in [0.1, 0.15) is 0 Å². The molecule has 4 N–H and O–H groups in total. The van der Waals surface area contributed by atoms with Crippen molar-refractivity contribution in [2.75, 3.05) is 13.6 Å². The minimum absolute atomic E-state index is 0.00963. The Kier molecular flexibility index (Phi) is 4.06. The van der Waals surface area contributed by atoms with E-state index in [1.807, 2.05) is 12.1 Å². The monoisotopic (exact) mass is 214 g/mol. The van der Waals surface area contributed by atoms with E-state index in [9.17, 15) is 4.79 Å². The summed E-state index contributed by atoms with van der Waals surface area (Å²) in [5, 5.41) is 11.4. The molecule has 0 fully saturated rings. The van der Waals surface area contributed by atoms with Crippen molar-refractivity contribution >= 4 is 17.2 Å². The Balaban J connectivity index is 2.83. The van der Waals surface area contributed by atoms with Crippen LogP contribution < -0.4 is 11.1 Å². The predicted octanol–water partition coefficient (Wildman–Crippen LogP) is 0.0287. The molecular weight excluding hydrogens is 200 g/mol. The van der Waals surface area contributed by atoms with Crippen LogP contribution in [-0.2, 0) is 11.4 Å². The summed E-state index contributed by atoms with van der Waals surface area (Å²) in [5.74, 6) is -0.385. The van der Waals surface area contributed by atoms with Gasteiger partial charge in [0.15, 0.2) is 0 Å². The van der Waals surface area contributed by atoms with E-state index in [1.165, 1.54) is 11.3 Å². The second-order valence-corrected chi connectivity index (χ2v) is 4.06. The lowest BCUT2D eigenvalue weighted by molar-refractivity contribution is -0.121. The van der Waals surface area contributed by atoms with Crippen molar-refractivity contribution in [2.24, 2.45) is 5.73 Å². The number of carbonyl (C=O) groups excluding carboxylic acids is 1. The van der Waals surface area contributed by atoms with Gasteiger partial charge in [-0.3, -0.25) is 4.79 Å². The molecule has 0 spiro atoms. The molecule has 1 atom stereocenters. The topological polar surface area (TPSA) is 75.4 Å². The first-order valence-corrected chi connectivity index (χ1v) is 5.15. The minimum atomic E-state index is -0.301. The number of nitrogens with two attached hydrogens (primary N) is 1. The lowest BCUT2D eigenvalue weighted by Crippen LogP contribution is -2.30. The number of nitrogens with one attached hydrogen (secondary N) is 1. The summed E-state index contributed by atoms with van der Waals surface area (Å²) in [6, 6.07) is 3.65. The zero-order valence-corrected chi connectivity index (χ0v) is 8.80. The number of thiophene rings is 1. The summed E-state index contributed by atoms with van der Waals surface area (Å²) < 4.78 is 0. The molecule has 4 nitrogen and oxygen atoms in total. The fraction of sp³-hybridized carbons (Fsp3) is 0.444. The van der Waals surface area contributed by atoms with E-state index in [4.69, 9.17) is 10.8 Å². The summed E-state index contributed by atoms with van der Waals surface area (Å²) in [4.78, 5) is 13.1. The van der Waals surface area contributed by atoms with Crippen LogP contribution >= 0.6 is 11.3 Å². The average Bonchev–Trinajstić information content (AvgIpc) is 2.67. The van der Waals surface area contributed by atoms with Crippen molar-refractivity contribution in [3.63, 3.8) is 0 Å². The average molecular weight is 214 g/mol. The van der Waals surface area contributed by atoms with Gasteiger partial charge >= 0.3 is 0 Å². The van der Waals surface area contributed by atoms with Crippen molar-refractivity contribution in [2.45, 2.75) is 12.5 Å². The maximum Gasteiger partial charge on any atom is 0.229 e. The standard InChI is InChI=1S/C9H14N2O2S/c1-11-9(13)7(4-10)8-3-2-6(5-12)14-8/h2-3,7,12H,4-5,10H2,1H3,(H,11,13). The molecule has 1 aromatic heterocycles. The fourth-order valence-corrected chi connectivity index (χ4v) is 2.18. The quantitative estimate of drug-likeness (QED) is 0.662. The van der Waals surface area contributed by atoms with Crippen LogP contribution in [-0.4, -0.2) is 24.6 Å². The van der Waals surface area contributed by atoms with E-state index in [0.717, 1.165) is 9.75 Å². The normalized spacial score (nSPS) is 12.5. The molecule has 1 unspecified atom stereocenters. The highest BCUT2D eigenvalue weighted by atomic mass is 32.1. The van der Waals surface area contributed by atoms with Gasteiger partial charge in [-0.25, -0.2) is 0 Å². The minimum Gasteiger partial charge on any atom is -0.391 e. The van der Waals surface area contributed by atoms with Crippen LogP contribution in [0.1, 0.15) is 15.7 Å². The van der Waals surface area contributed by atoms with E-state index in [2.05, 4.69) is 5.32 Å². The van der Waals surface area contributed by atoms with Crippen molar-refractivity contribution in [3.05, 3.63) is 21.9 Å². The van der Waals surface area contributed by atoms with Crippen LogP contribution in [0.15, 0.2) is 12.1 Å². The Bertz CT molecular complexity index is 312. The zero-order valence-electron chi connectivity index (χ0n) is 7.99. The number of rotatable bonds is 4. The molecule has 0 saturated carbocycles. The number of amides is 1. The molecule has 0 aliphatic heterocycles. The van der Waals surface area contributed by atoms with Crippen molar-refractivity contribution in [3.8, 4) is 0 Å². The molecule has 0 saturated heterocycles. The largest absolute Gasteiger partial charge is 0.391 e. The molecule has 0 bridgehead atoms. The molecule has 1 heterocycles. The lowest BCUT2D eigenvalue weighted by atomic mass is 10.1. The van der Waals surface area contributed by atoms with Crippen molar-refractivity contribution in [1.29, 1.82) is 0 Å². The maximum atomic E-state index is 11.4. The summed E-state index contributed by atoms with van der Waals surface area (Å²) in [6.07, 6.45) is 0. The van der Waals surface area contributed by atoms with Gasteiger partial charge in [-0.15, -0.1) is 11.3 Å². The molecule has 0 radical (unpaired) electrons. The Morgan fingerprint density at radius 2 is 2.43 bits per heavy atom. The Hall–Kier alpha value is -0.910. The molecule has 1 aromatic rings. The van der Waals surface area contributed by atoms with Gasteiger partial charge in [0.25, 0.3) is 0 Å². The number of hydrogen-bond acceptors (Lipinski definition) is 4. The second-order valence-electron chi connectivity index (χ2n) is 2.86. The molecular formula is C9H14N2O2S. The molecule has 0 aliphatic carbocycles. The first-order valence-electron chi connectivity index (χ1n) is 4.34. The Labute approximate surface area is 86.7 Å². The van der Waals surface area contributed by atoms with Gasteiger partial charge in [0, 0.05) is 23.3 Å². The van der Waals surface area contributed by atoms with Gasteiger partial charge in [0.2, 0.25) is 5.91 Å². The highest BCUT2D eigenvalue weighted by Crippen LogP contribution is 2.24. The highest BCUT2D eigenvalue weighted by molar-refractivity contribution is 7.12. The van der Waals surface area contributed by atoms with Crippen molar-refractivity contribution in [1.82, 2.24) is 5.32 Å². The van der Waals surface area contributed by atoms with Gasteiger partial charge < -0.3 is 16.2 Å². The van der Waals surface area contributed by atoms with Crippen LogP contribution in [0, 0.1) is 0 Å². The van der Waals surface area contributed by atoms with E-state index in [1.54, 1.807) is 7.05 Å². The van der Waals surface area contributed by atoms with Crippen LogP contribution in [0.2, 0.25) is 0 Å². The van der Waals surface area contributed by atoms with E-state index in [-0.39, 0.29) is 25.0 Å². The van der Waals surface area contributed by atoms with Crippen LogP contribution in [0.25, 0.3) is 0 Å². The molecule has 14 heavy (non-hydrogen) atoms. The van der Waals surface area contributed by atoms with Crippen LogP contribution in [0.4, 0.5) is 0 Å². The number of likely N-dealkylation sites (N-methyl/N-ethyl adjacent to an activating group) is 1. The van der Waals surface area contributed by atoms with E-state index < -0.39 is 0 Å². The molecule has 1 amide bonds. The Morgan fingerprint density at radius 1 is 1.71 bits per heavy atom. The lowest BCUT2D eigenvalue weighted by Gasteiger charge is -2.10. The van der Waals surface area contributed by atoms with Crippen molar-refractivity contribution < 1.29 is 9.90 Å². The third-order valence-corrected chi connectivity index (χ3v) is 3.16. The number of hydrogen-bond donors (Lipinski definition) is 3. The summed E-state index contributed by atoms with van der Waals surface area (Å²) >= 11 is 1.42. The molecule has 0 aromatic carbocycles. The molecule has 78 valence electrons. The number of aliphatic hydroxyl groups is 1. The molecule has 0 aliphatic rings. The van der Waals surface area contributed by atoms with Gasteiger partial charge in [-0.05, 0) is 12.1 Å². The molecule has 5 heteroatoms. The summed E-state index contributed by atoms with van der Waals surface area (Å²) in [5.41, 5.74) is 5.52. The smallest absolute Gasteiger partial charge is 0.229 e. The summed E-state index contributed by atoms with van der Waals surface area (Å²) in [7, 11) is 1.59. The third kappa shape index (κ3) is 2.31. The van der Waals surface area contributed by atoms with Gasteiger partial charge in [-0.1, -0.05) is 0 Å². The second kappa shape index (κ2) is 5.09. The number of carbonyl (C=O) groups is 1. The van der Waals surface area contributed by atoms with E-state index in [0.29, 0.717) is 0 Å². The van der Waals surface area contributed by atoms with Gasteiger partial charge in [-0.2, -0.15) is 0 Å². The van der Waals surface area contributed by atoms with E-state index >= 15 is 0 Å². The van der Waals surface area contributed by atoms with Crippen LogP contribution in [0.3, 0.4) is 0 Å². The Morgan fingerprint density at radius 3 is 2.86 bits per heavy atom. The third-order valence-electron chi connectivity index (χ3n) is 1.98. The van der Waals surface area contributed by atoms with Gasteiger partial charge in [0.05, 0.1) is 12.5 Å². The first kappa shape index (κ1) is 11.2. The SMILES string of the molecule is CNC(=O)C(CN)c1ccc(CO)s1. The van der Waals surface area contributed by atoms with Crippen LogP contribution in [0.5, 0.6) is 0 Å². The first-order chi connectivity index (χ1) is 6.72. The predicted molar refractivity (Wildman–Crippen MR) is 56.1 cm³/mol.